The van der Waals surface area contributed by atoms with E-state index < -0.39 is 0 Å². The predicted octanol–water partition coefficient (Wildman–Crippen LogP) is 5.01. The first-order valence-corrected chi connectivity index (χ1v) is 7.68. The Kier molecular flexibility index (Phi) is 3.17. The van der Waals surface area contributed by atoms with E-state index in [4.69, 9.17) is 0 Å². The maximum Gasteiger partial charge on any atom is 0.171 e. The van der Waals surface area contributed by atoms with Gasteiger partial charge in [0.2, 0.25) is 0 Å². The van der Waals surface area contributed by atoms with E-state index in [9.17, 15) is 4.79 Å². The smallest absolute Gasteiger partial charge is 0.171 e. The van der Waals surface area contributed by atoms with Gasteiger partial charge in [-0.25, -0.2) is 0 Å². The van der Waals surface area contributed by atoms with Crippen LogP contribution in [0.1, 0.15) is 60.3 Å². The molecule has 1 heterocycles. The minimum Gasteiger partial charge on any atom is -0.293 e. The molecule has 0 aromatic heterocycles. The summed E-state index contributed by atoms with van der Waals surface area (Å²) < 4.78 is -0.0734. The summed E-state index contributed by atoms with van der Waals surface area (Å²) in [7, 11) is 0. The molecular formula is C17H24OS. The lowest BCUT2D eigenvalue weighted by atomic mass is 9.72. The fourth-order valence-corrected chi connectivity index (χ4v) is 4.16. The molecule has 1 aromatic rings. The Hall–Kier alpha value is -0.760. The molecule has 1 aromatic carbocycles. The van der Waals surface area contributed by atoms with E-state index in [1.54, 1.807) is 0 Å². The Morgan fingerprint density at radius 1 is 0.789 bits per heavy atom. The quantitative estimate of drug-likeness (QED) is 0.662. The Morgan fingerprint density at radius 3 is 1.79 bits per heavy atom. The SMILES string of the molecule is Cc1c(C)c(C)c2c(c1C)SC(C)(C)C(C)(C)C2=O. The molecular weight excluding hydrogens is 252 g/mol. The van der Waals surface area contributed by atoms with Crippen LogP contribution in [-0.2, 0) is 0 Å². The molecule has 19 heavy (non-hydrogen) atoms. The van der Waals surface area contributed by atoms with Crippen LogP contribution in [0, 0.1) is 33.1 Å². The van der Waals surface area contributed by atoms with Gasteiger partial charge in [0.25, 0.3) is 0 Å². The highest BCUT2D eigenvalue weighted by Crippen LogP contribution is 2.54. The molecule has 104 valence electrons. The van der Waals surface area contributed by atoms with Crippen molar-refractivity contribution in [2.45, 2.75) is 65.0 Å². The zero-order valence-electron chi connectivity index (χ0n) is 13.3. The van der Waals surface area contributed by atoms with E-state index >= 15 is 0 Å². The number of hydrogen-bond acceptors (Lipinski definition) is 2. The molecule has 1 aliphatic heterocycles. The maximum atomic E-state index is 13.0. The Morgan fingerprint density at radius 2 is 1.26 bits per heavy atom. The second-order valence-electron chi connectivity index (χ2n) is 6.77. The Balaban J connectivity index is 2.85. The molecule has 2 rings (SSSR count). The van der Waals surface area contributed by atoms with Crippen molar-refractivity contribution >= 4 is 17.5 Å². The minimum atomic E-state index is -0.330. The van der Waals surface area contributed by atoms with Gasteiger partial charge in [0.05, 0.1) is 0 Å². The van der Waals surface area contributed by atoms with Crippen molar-refractivity contribution in [1.82, 2.24) is 0 Å². The number of fused-ring (bicyclic) bond motifs is 1. The number of rotatable bonds is 0. The fourth-order valence-electron chi connectivity index (χ4n) is 2.65. The highest BCUT2D eigenvalue weighted by molar-refractivity contribution is 8.01. The van der Waals surface area contributed by atoms with Crippen LogP contribution in [0.3, 0.4) is 0 Å². The maximum absolute atomic E-state index is 13.0. The lowest BCUT2D eigenvalue weighted by Crippen LogP contribution is -2.46. The third-order valence-electron chi connectivity index (χ3n) is 5.29. The lowest BCUT2D eigenvalue weighted by molar-refractivity contribution is 0.0786. The molecule has 0 N–H and O–H groups in total. The fraction of sp³-hybridized carbons (Fsp3) is 0.588. The summed E-state index contributed by atoms with van der Waals surface area (Å²) in [5.41, 5.74) is 5.67. The van der Waals surface area contributed by atoms with E-state index in [0.717, 1.165) is 5.56 Å². The van der Waals surface area contributed by atoms with Crippen molar-refractivity contribution in [3.8, 4) is 0 Å². The molecule has 0 bridgehead atoms. The van der Waals surface area contributed by atoms with Gasteiger partial charge in [-0.3, -0.25) is 4.79 Å². The van der Waals surface area contributed by atoms with Crippen molar-refractivity contribution in [2.75, 3.05) is 0 Å². The molecule has 0 radical (unpaired) electrons. The molecule has 0 saturated heterocycles. The van der Waals surface area contributed by atoms with Gasteiger partial charge >= 0.3 is 0 Å². The van der Waals surface area contributed by atoms with Crippen LogP contribution in [0.5, 0.6) is 0 Å². The molecule has 0 aliphatic carbocycles. The van der Waals surface area contributed by atoms with Crippen LogP contribution in [0.2, 0.25) is 0 Å². The number of thioether (sulfide) groups is 1. The van der Waals surface area contributed by atoms with Crippen molar-refractivity contribution in [3.05, 3.63) is 27.8 Å². The summed E-state index contributed by atoms with van der Waals surface area (Å²) in [6, 6.07) is 0. The molecule has 2 heteroatoms. The van der Waals surface area contributed by atoms with Gasteiger partial charge in [0.1, 0.15) is 0 Å². The third kappa shape index (κ3) is 1.79. The molecule has 0 atom stereocenters. The van der Waals surface area contributed by atoms with Gasteiger partial charge in [-0.15, -0.1) is 11.8 Å². The zero-order valence-corrected chi connectivity index (χ0v) is 14.1. The van der Waals surface area contributed by atoms with Crippen LogP contribution in [0.15, 0.2) is 4.90 Å². The van der Waals surface area contributed by atoms with Crippen molar-refractivity contribution < 1.29 is 4.79 Å². The first-order valence-electron chi connectivity index (χ1n) is 6.86. The first-order chi connectivity index (χ1) is 8.52. The summed E-state index contributed by atoms with van der Waals surface area (Å²) in [4.78, 5) is 14.2. The van der Waals surface area contributed by atoms with E-state index in [2.05, 4.69) is 55.4 Å². The van der Waals surface area contributed by atoms with Crippen LogP contribution in [0.4, 0.5) is 0 Å². The third-order valence-corrected chi connectivity index (χ3v) is 7.02. The van der Waals surface area contributed by atoms with Gasteiger partial charge in [0, 0.05) is 20.6 Å². The van der Waals surface area contributed by atoms with E-state index in [-0.39, 0.29) is 10.2 Å². The number of ketones is 1. The molecule has 0 fully saturated rings. The van der Waals surface area contributed by atoms with Gasteiger partial charge in [-0.2, -0.15) is 0 Å². The number of benzene rings is 1. The molecule has 1 nitrogen and oxygen atoms in total. The number of carbonyl (C=O) groups is 1. The summed E-state index contributed by atoms with van der Waals surface area (Å²) >= 11 is 1.87. The second kappa shape index (κ2) is 4.12. The second-order valence-corrected chi connectivity index (χ2v) is 8.40. The number of hydrogen-bond donors (Lipinski definition) is 0. The van der Waals surface area contributed by atoms with Crippen molar-refractivity contribution in [3.63, 3.8) is 0 Å². The van der Waals surface area contributed by atoms with E-state index in [1.165, 1.54) is 27.1 Å². The first kappa shape index (κ1) is 14.6. The van der Waals surface area contributed by atoms with Gasteiger partial charge in [0.15, 0.2) is 5.78 Å². The van der Waals surface area contributed by atoms with Crippen LogP contribution in [-0.4, -0.2) is 10.5 Å². The van der Waals surface area contributed by atoms with Crippen molar-refractivity contribution in [1.29, 1.82) is 0 Å². The molecule has 0 spiro atoms. The number of Topliss-reactive ketones (excluding diaryl/α,β-unsaturated/α-hetero) is 1. The normalized spacial score (nSPS) is 20.3. The largest absolute Gasteiger partial charge is 0.293 e. The topological polar surface area (TPSA) is 17.1 Å². The van der Waals surface area contributed by atoms with Crippen LogP contribution < -0.4 is 0 Å². The van der Waals surface area contributed by atoms with Gasteiger partial charge in [-0.05, 0) is 63.8 Å². The molecule has 0 unspecified atom stereocenters. The van der Waals surface area contributed by atoms with E-state index in [0.29, 0.717) is 5.78 Å². The summed E-state index contributed by atoms with van der Waals surface area (Å²) in [6.45, 7) is 17.1. The highest BCUT2D eigenvalue weighted by Gasteiger charge is 2.49. The standard InChI is InChI=1S/C17H24OS/c1-9-10(2)12(4)14-13(11(9)3)15(18)16(5,6)17(7,8)19-14/h1-8H3. The summed E-state index contributed by atoms with van der Waals surface area (Å²) in [5.74, 6) is 0.301. The number of carbonyl (C=O) groups excluding carboxylic acids is 1. The summed E-state index contributed by atoms with van der Waals surface area (Å²) in [5, 5.41) is 0. The monoisotopic (exact) mass is 276 g/mol. The van der Waals surface area contributed by atoms with Crippen molar-refractivity contribution in [2.24, 2.45) is 5.41 Å². The predicted molar refractivity (Wildman–Crippen MR) is 83.4 cm³/mol. The zero-order chi connectivity index (χ0) is 14.7. The molecule has 0 amide bonds. The summed E-state index contributed by atoms with van der Waals surface area (Å²) in [6.07, 6.45) is 0. The average molecular weight is 276 g/mol. The molecule has 1 aliphatic rings. The average Bonchev–Trinajstić information content (AvgIpc) is 2.31. The van der Waals surface area contributed by atoms with Crippen LogP contribution >= 0.6 is 11.8 Å². The van der Waals surface area contributed by atoms with Gasteiger partial charge in [-0.1, -0.05) is 13.8 Å². The minimum absolute atomic E-state index is 0.0734. The Labute approximate surface area is 121 Å². The Bertz CT molecular complexity index is 580. The van der Waals surface area contributed by atoms with Crippen LogP contribution in [0.25, 0.3) is 0 Å². The van der Waals surface area contributed by atoms with E-state index in [1.807, 2.05) is 11.8 Å². The van der Waals surface area contributed by atoms with Gasteiger partial charge < -0.3 is 0 Å². The highest BCUT2D eigenvalue weighted by atomic mass is 32.2. The molecule has 0 saturated carbocycles. The lowest BCUT2D eigenvalue weighted by Gasteiger charge is -2.45.